The second-order valence-electron chi connectivity index (χ2n) is 5.98. The minimum absolute atomic E-state index is 0.596. The molecule has 0 aromatic carbocycles. The summed E-state index contributed by atoms with van der Waals surface area (Å²) in [6, 6.07) is 2.12. The van der Waals surface area contributed by atoms with E-state index in [2.05, 4.69) is 45.0 Å². The van der Waals surface area contributed by atoms with Crippen LogP contribution in [0.2, 0.25) is 0 Å². The Hall–Kier alpha value is -0.0800. The Kier molecular flexibility index (Phi) is 5.77. The number of hydrogen-bond acceptors (Lipinski definition) is 2. The molecule has 1 N–H and O–H groups in total. The molecule has 2 nitrogen and oxygen atoms in total. The van der Waals surface area contributed by atoms with Crippen LogP contribution in [0.4, 0.5) is 0 Å². The Balaban J connectivity index is 2.47. The fraction of sp³-hybridized carbons (Fsp3) is 1.00. The standard InChI is InChI=1S/C14H30N2/c1-11(2)14(10-15-12(3)4)16(5)13-8-6-7-9-13/h11-15H,6-10H2,1-5H3. The smallest absolute Gasteiger partial charge is 0.0243 e. The highest BCUT2D eigenvalue weighted by Crippen LogP contribution is 2.25. The first-order valence-corrected chi connectivity index (χ1v) is 6.97. The van der Waals surface area contributed by atoms with Crippen molar-refractivity contribution in [2.75, 3.05) is 13.6 Å². The molecule has 1 atom stereocenters. The Labute approximate surface area is 102 Å². The van der Waals surface area contributed by atoms with Crippen molar-refractivity contribution in [3.8, 4) is 0 Å². The second-order valence-corrected chi connectivity index (χ2v) is 5.98. The van der Waals surface area contributed by atoms with Gasteiger partial charge in [-0.15, -0.1) is 0 Å². The van der Waals surface area contributed by atoms with Gasteiger partial charge >= 0.3 is 0 Å². The Bertz CT molecular complexity index is 183. The van der Waals surface area contributed by atoms with Gasteiger partial charge in [0.15, 0.2) is 0 Å². The summed E-state index contributed by atoms with van der Waals surface area (Å²) < 4.78 is 0. The van der Waals surface area contributed by atoms with Crippen LogP contribution in [0.25, 0.3) is 0 Å². The van der Waals surface area contributed by atoms with Crippen molar-refractivity contribution in [2.24, 2.45) is 5.92 Å². The number of hydrogen-bond donors (Lipinski definition) is 1. The molecular weight excluding hydrogens is 196 g/mol. The van der Waals surface area contributed by atoms with Crippen LogP contribution in [-0.2, 0) is 0 Å². The van der Waals surface area contributed by atoms with Crippen molar-refractivity contribution in [2.45, 2.75) is 71.5 Å². The van der Waals surface area contributed by atoms with Crippen LogP contribution < -0.4 is 5.32 Å². The zero-order valence-electron chi connectivity index (χ0n) is 11.8. The molecule has 2 heteroatoms. The number of nitrogens with one attached hydrogen (secondary N) is 1. The van der Waals surface area contributed by atoms with Crippen molar-refractivity contribution < 1.29 is 0 Å². The Morgan fingerprint density at radius 3 is 2.12 bits per heavy atom. The zero-order valence-corrected chi connectivity index (χ0v) is 11.8. The van der Waals surface area contributed by atoms with E-state index < -0.39 is 0 Å². The lowest BCUT2D eigenvalue weighted by Gasteiger charge is -2.36. The van der Waals surface area contributed by atoms with Crippen molar-refractivity contribution in [3.63, 3.8) is 0 Å². The summed E-state index contributed by atoms with van der Waals surface area (Å²) in [6.07, 6.45) is 5.66. The molecule has 1 aliphatic carbocycles. The molecule has 0 saturated heterocycles. The predicted octanol–water partition coefficient (Wildman–Crippen LogP) is 2.88. The molecule has 0 aromatic rings. The molecule has 1 unspecified atom stereocenters. The zero-order chi connectivity index (χ0) is 12.1. The van der Waals surface area contributed by atoms with Gasteiger partial charge in [0.25, 0.3) is 0 Å². The number of nitrogens with zero attached hydrogens (tertiary/aromatic N) is 1. The molecule has 96 valence electrons. The second kappa shape index (κ2) is 6.61. The Morgan fingerprint density at radius 1 is 1.12 bits per heavy atom. The van der Waals surface area contributed by atoms with Crippen LogP contribution in [-0.4, -0.2) is 36.6 Å². The molecule has 0 heterocycles. The first-order chi connectivity index (χ1) is 7.52. The molecule has 1 aliphatic rings. The van der Waals surface area contributed by atoms with E-state index >= 15 is 0 Å². The maximum absolute atomic E-state index is 3.59. The molecule has 0 bridgehead atoms. The largest absolute Gasteiger partial charge is 0.313 e. The molecule has 0 spiro atoms. The topological polar surface area (TPSA) is 15.3 Å². The fourth-order valence-corrected chi connectivity index (χ4v) is 2.79. The number of likely N-dealkylation sites (N-methyl/N-ethyl adjacent to an activating group) is 1. The molecule has 16 heavy (non-hydrogen) atoms. The van der Waals surface area contributed by atoms with Gasteiger partial charge in [0, 0.05) is 24.7 Å². The molecule has 0 aliphatic heterocycles. The third-order valence-electron chi connectivity index (χ3n) is 3.93. The van der Waals surface area contributed by atoms with Gasteiger partial charge in [-0.05, 0) is 25.8 Å². The van der Waals surface area contributed by atoms with Crippen LogP contribution >= 0.6 is 0 Å². The molecule has 1 saturated carbocycles. The van der Waals surface area contributed by atoms with Crippen molar-refractivity contribution in [1.82, 2.24) is 10.2 Å². The van der Waals surface area contributed by atoms with Crippen molar-refractivity contribution in [1.29, 1.82) is 0 Å². The minimum Gasteiger partial charge on any atom is -0.313 e. The summed E-state index contributed by atoms with van der Waals surface area (Å²) in [5, 5.41) is 3.59. The third kappa shape index (κ3) is 4.06. The van der Waals surface area contributed by atoms with Gasteiger partial charge in [-0.2, -0.15) is 0 Å². The number of rotatable bonds is 6. The molecule has 1 fully saturated rings. The summed E-state index contributed by atoms with van der Waals surface area (Å²) in [5.74, 6) is 0.733. The summed E-state index contributed by atoms with van der Waals surface area (Å²) in [6.45, 7) is 10.3. The van der Waals surface area contributed by atoms with Gasteiger partial charge in [-0.3, -0.25) is 4.90 Å². The van der Waals surface area contributed by atoms with E-state index in [-0.39, 0.29) is 0 Å². The van der Waals surface area contributed by atoms with Crippen molar-refractivity contribution >= 4 is 0 Å². The molecule has 0 aromatic heterocycles. The summed E-state index contributed by atoms with van der Waals surface area (Å²) in [5.41, 5.74) is 0. The van der Waals surface area contributed by atoms with Crippen LogP contribution in [0.15, 0.2) is 0 Å². The van der Waals surface area contributed by atoms with Gasteiger partial charge in [0.05, 0.1) is 0 Å². The van der Waals surface area contributed by atoms with Crippen molar-refractivity contribution in [3.05, 3.63) is 0 Å². The van der Waals surface area contributed by atoms with E-state index in [0.717, 1.165) is 18.5 Å². The maximum atomic E-state index is 3.59. The van der Waals surface area contributed by atoms with E-state index in [9.17, 15) is 0 Å². The summed E-state index contributed by atoms with van der Waals surface area (Å²) in [4.78, 5) is 2.63. The van der Waals surface area contributed by atoms with Gasteiger partial charge < -0.3 is 5.32 Å². The molecule has 0 amide bonds. The minimum atomic E-state index is 0.596. The van der Waals surface area contributed by atoms with Crippen LogP contribution in [0.5, 0.6) is 0 Å². The van der Waals surface area contributed by atoms with E-state index in [4.69, 9.17) is 0 Å². The highest BCUT2D eigenvalue weighted by Gasteiger charge is 2.27. The summed E-state index contributed by atoms with van der Waals surface area (Å²) in [7, 11) is 2.32. The molecular formula is C14H30N2. The van der Waals surface area contributed by atoms with Crippen LogP contribution in [0, 0.1) is 5.92 Å². The lowest BCUT2D eigenvalue weighted by molar-refractivity contribution is 0.133. The lowest BCUT2D eigenvalue weighted by Crippen LogP contribution is -2.48. The molecule has 0 radical (unpaired) electrons. The quantitative estimate of drug-likeness (QED) is 0.749. The van der Waals surface area contributed by atoms with Crippen LogP contribution in [0.3, 0.4) is 0 Å². The summed E-state index contributed by atoms with van der Waals surface area (Å²) >= 11 is 0. The fourth-order valence-electron chi connectivity index (χ4n) is 2.79. The van der Waals surface area contributed by atoms with Gasteiger partial charge in [0.2, 0.25) is 0 Å². The normalized spacial score (nSPS) is 20.2. The SMILES string of the molecule is CC(C)NCC(C(C)C)N(C)C1CCCC1. The van der Waals surface area contributed by atoms with Crippen LogP contribution in [0.1, 0.15) is 53.4 Å². The highest BCUT2D eigenvalue weighted by atomic mass is 15.2. The average molecular weight is 226 g/mol. The lowest BCUT2D eigenvalue weighted by atomic mass is 10.00. The van der Waals surface area contributed by atoms with E-state index in [0.29, 0.717) is 12.1 Å². The monoisotopic (exact) mass is 226 g/mol. The van der Waals surface area contributed by atoms with Gasteiger partial charge in [0.1, 0.15) is 0 Å². The molecule has 1 rings (SSSR count). The Morgan fingerprint density at radius 2 is 1.69 bits per heavy atom. The van der Waals surface area contributed by atoms with Gasteiger partial charge in [-0.1, -0.05) is 40.5 Å². The van der Waals surface area contributed by atoms with E-state index in [1.165, 1.54) is 25.7 Å². The van der Waals surface area contributed by atoms with E-state index in [1.54, 1.807) is 0 Å². The van der Waals surface area contributed by atoms with Gasteiger partial charge in [-0.25, -0.2) is 0 Å². The average Bonchev–Trinajstić information content (AvgIpc) is 2.69. The van der Waals surface area contributed by atoms with E-state index in [1.807, 2.05) is 0 Å². The first-order valence-electron chi connectivity index (χ1n) is 6.97. The highest BCUT2D eigenvalue weighted by molar-refractivity contribution is 4.83. The predicted molar refractivity (Wildman–Crippen MR) is 71.8 cm³/mol. The first kappa shape index (κ1) is 14.0. The maximum Gasteiger partial charge on any atom is 0.0243 e. The third-order valence-corrected chi connectivity index (χ3v) is 3.93.